The molecule has 10 heteroatoms. The number of hydrogen-bond donors (Lipinski definition) is 2. The van der Waals surface area contributed by atoms with Gasteiger partial charge in [-0.25, -0.2) is 24.7 Å². The van der Waals surface area contributed by atoms with Crippen molar-refractivity contribution >= 4 is 45.3 Å². The van der Waals surface area contributed by atoms with Crippen molar-refractivity contribution in [2.75, 3.05) is 12.4 Å². The second-order valence-electron chi connectivity index (χ2n) is 8.02. The first-order chi connectivity index (χ1) is 16.9. The maximum atomic E-state index is 11.9. The Labute approximate surface area is 205 Å². The Morgan fingerprint density at radius 2 is 1.97 bits per heavy atom. The molecule has 35 heavy (non-hydrogen) atoms. The zero-order valence-corrected chi connectivity index (χ0v) is 19.7. The zero-order valence-electron chi connectivity index (χ0n) is 18.9. The van der Waals surface area contributed by atoms with Crippen LogP contribution in [0.25, 0.3) is 21.9 Å². The minimum absolute atomic E-state index is 0.0895. The molecule has 0 bridgehead atoms. The second-order valence-corrected chi connectivity index (χ2v) is 8.43. The Morgan fingerprint density at radius 1 is 1.17 bits per heavy atom. The van der Waals surface area contributed by atoms with Crippen LogP contribution in [0.3, 0.4) is 0 Å². The van der Waals surface area contributed by atoms with Crippen LogP contribution in [0.2, 0.25) is 5.02 Å². The predicted molar refractivity (Wildman–Crippen MR) is 133 cm³/mol. The van der Waals surface area contributed by atoms with Crippen LogP contribution in [-0.2, 0) is 6.54 Å². The summed E-state index contributed by atoms with van der Waals surface area (Å²) in [4.78, 5) is 29.6. The lowest BCUT2D eigenvalue weighted by molar-refractivity contribution is 0.0692. The number of aromatic carboxylic acids is 1. The van der Waals surface area contributed by atoms with Crippen LogP contribution in [0.1, 0.15) is 34.7 Å². The summed E-state index contributed by atoms with van der Waals surface area (Å²) in [7, 11) is 1.63. The van der Waals surface area contributed by atoms with Crippen LogP contribution in [-0.4, -0.2) is 42.7 Å². The third kappa shape index (κ3) is 4.33. The fraction of sp³-hybridized carbons (Fsp3) is 0.160. The first-order valence-corrected chi connectivity index (χ1v) is 11.2. The number of methoxy groups -OCH3 is 1. The summed E-state index contributed by atoms with van der Waals surface area (Å²) in [5.41, 5.74) is 2.81. The number of rotatable bonds is 7. The number of imidazole rings is 1. The van der Waals surface area contributed by atoms with Gasteiger partial charge in [-0.2, -0.15) is 0 Å². The van der Waals surface area contributed by atoms with Crippen molar-refractivity contribution in [3.63, 3.8) is 0 Å². The molecule has 0 aliphatic rings. The van der Waals surface area contributed by atoms with Gasteiger partial charge in [0.05, 0.1) is 36.7 Å². The summed E-state index contributed by atoms with van der Waals surface area (Å²) in [5, 5.41) is 14.5. The van der Waals surface area contributed by atoms with Crippen molar-refractivity contribution in [2.45, 2.75) is 19.5 Å². The summed E-state index contributed by atoms with van der Waals surface area (Å²) >= 11 is 6.26. The van der Waals surface area contributed by atoms with Gasteiger partial charge in [0.15, 0.2) is 17.2 Å². The van der Waals surface area contributed by atoms with Crippen LogP contribution in [0.4, 0.5) is 5.82 Å². The number of nitrogens with one attached hydrogen (secondary N) is 1. The molecule has 0 aliphatic heterocycles. The van der Waals surface area contributed by atoms with Crippen molar-refractivity contribution in [3.05, 3.63) is 83.2 Å². The molecule has 3 heterocycles. The van der Waals surface area contributed by atoms with Gasteiger partial charge in [0.1, 0.15) is 17.6 Å². The lowest BCUT2D eigenvalue weighted by Gasteiger charge is -2.16. The zero-order chi connectivity index (χ0) is 24.5. The number of anilines is 1. The van der Waals surface area contributed by atoms with Gasteiger partial charge in [-0.05, 0) is 42.1 Å². The Morgan fingerprint density at radius 3 is 2.71 bits per heavy atom. The van der Waals surface area contributed by atoms with Crippen molar-refractivity contribution in [3.8, 4) is 5.75 Å². The highest BCUT2D eigenvalue weighted by Gasteiger charge is 2.19. The monoisotopic (exact) mass is 488 g/mol. The predicted octanol–water partition coefficient (Wildman–Crippen LogP) is 4.96. The number of halogens is 1. The molecule has 9 nitrogen and oxygen atoms in total. The summed E-state index contributed by atoms with van der Waals surface area (Å²) in [6.07, 6.45) is 3.19. The highest BCUT2D eigenvalue weighted by Crippen LogP contribution is 2.30. The molecule has 3 aromatic heterocycles. The Kier molecular flexibility index (Phi) is 5.92. The van der Waals surface area contributed by atoms with Gasteiger partial charge in [-0.1, -0.05) is 35.9 Å². The number of aromatic nitrogens is 5. The number of fused-ring (bicyclic) bond motifs is 2. The van der Waals surface area contributed by atoms with E-state index >= 15 is 0 Å². The molecule has 0 radical (unpaired) electrons. The second kappa shape index (κ2) is 9.19. The van der Waals surface area contributed by atoms with E-state index in [1.165, 1.54) is 6.33 Å². The molecule has 176 valence electrons. The minimum Gasteiger partial charge on any atom is -0.497 e. The lowest BCUT2D eigenvalue weighted by Crippen LogP contribution is -2.13. The van der Waals surface area contributed by atoms with Gasteiger partial charge in [-0.3, -0.25) is 0 Å². The maximum Gasteiger partial charge on any atom is 0.355 e. The average Bonchev–Trinajstić information content (AvgIpc) is 3.27. The molecule has 0 fully saturated rings. The Hall–Kier alpha value is -4.24. The summed E-state index contributed by atoms with van der Waals surface area (Å²) < 4.78 is 7.16. The fourth-order valence-corrected chi connectivity index (χ4v) is 4.24. The summed E-state index contributed by atoms with van der Waals surface area (Å²) in [5.74, 6) is 0.183. The molecule has 0 aliphatic carbocycles. The van der Waals surface area contributed by atoms with E-state index in [1.54, 1.807) is 25.6 Å². The normalized spacial score (nSPS) is 12.1. The van der Waals surface area contributed by atoms with Crippen molar-refractivity contribution in [2.24, 2.45) is 0 Å². The Balaban J connectivity index is 1.46. The van der Waals surface area contributed by atoms with E-state index in [2.05, 4.69) is 25.3 Å². The van der Waals surface area contributed by atoms with Crippen LogP contribution >= 0.6 is 11.6 Å². The van der Waals surface area contributed by atoms with E-state index in [9.17, 15) is 9.90 Å². The van der Waals surface area contributed by atoms with E-state index in [0.29, 0.717) is 45.0 Å². The van der Waals surface area contributed by atoms with Gasteiger partial charge in [0, 0.05) is 5.39 Å². The number of nitrogens with zero attached hydrogens (tertiary/aromatic N) is 5. The van der Waals surface area contributed by atoms with Crippen LogP contribution in [0.5, 0.6) is 5.75 Å². The Bertz CT molecular complexity index is 1550. The summed E-state index contributed by atoms with van der Waals surface area (Å²) in [6.45, 7) is 2.47. The van der Waals surface area contributed by atoms with Gasteiger partial charge in [0.25, 0.3) is 0 Å². The van der Waals surface area contributed by atoms with Gasteiger partial charge < -0.3 is 19.7 Å². The highest BCUT2D eigenvalue weighted by molar-refractivity contribution is 6.36. The van der Waals surface area contributed by atoms with Gasteiger partial charge >= 0.3 is 5.97 Å². The molecule has 5 aromatic rings. The van der Waals surface area contributed by atoms with Crippen LogP contribution in [0.15, 0.2) is 61.2 Å². The number of benzene rings is 2. The number of carbonyl (C=O) groups is 1. The number of carboxylic acids is 1. The van der Waals surface area contributed by atoms with Crippen molar-refractivity contribution in [1.82, 2.24) is 24.5 Å². The van der Waals surface area contributed by atoms with E-state index < -0.39 is 5.97 Å². The van der Waals surface area contributed by atoms with Gasteiger partial charge in [0.2, 0.25) is 0 Å². The highest BCUT2D eigenvalue weighted by atomic mass is 35.5. The molecule has 5 rings (SSSR count). The first kappa shape index (κ1) is 22.5. The minimum atomic E-state index is -1.14. The van der Waals surface area contributed by atoms with Crippen LogP contribution in [0, 0.1) is 0 Å². The molecule has 1 unspecified atom stereocenters. The molecule has 1 atom stereocenters. The number of hydrogen-bond acceptors (Lipinski definition) is 7. The topological polar surface area (TPSA) is 115 Å². The molecule has 0 saturated heterocycles. The number of carboxylic acid groups (broad SMARTS) is 1. The third-order valence-electron chi connectivity index (χ3n) is 5.74. The molecular formula is C25H21ClN6O3. The lowest BCUT2D eigenvalue weighted by atomic mass is 10.1. The largest absolute Gasteiger partial charge is 0.497 e. The van der Waals surface area contributed by atoms with E-state index in [1.807, 2.05) is 47.9 Å². The van der Waals surface area contributed by atoms with E-state index in [0.717, 1.165) is 11.3 Å². The number of pyridine rings is 1. The average molecular weight is 489 g/mol. The fourth-order valence-electron chi connectivity index (χ4n) is 3.97. The summed E-state index contributed by atoms with van der Waals surface area (Å²) in [6, 6.07) is 14.5. The molecule has 0 saturated carbocycles. The molecule has 2 aromatic carbocycles. The SMILES string of the molecule is COc1ccc(Cn2cnc3c(NC(C)c4cc5cccc(Cl)c5c(C(=O)O)n4)ncnc32)cc1. The first-order valence-electron chi connectivity index (χ1n) is 10.8. The molecule has 0 spiro atoms. The molecule has 2 N–H and O–H groups in total. The van der Waals surface area contributed by atoms with Crippen molar-refractivity contribution in [1.29, 1.82) is 0 Å². The molecular weight excluding hydrogens is 468 g/mol. The molecule has 0 amide bonds. The van der Waals surface area contributed by atoms with Gasteiger partial charge in [-0.15, -0.1) is 0 Å². The maximum absolute atomic E-state index is 11.9. The third-order valence-corrected chi connectivity index (χ3v) is 6.05. The smallest absolute Gasteiger partial charge is 0.355 e. The number of ether oxygens (including phenoxy) is 1. The van der Waals surface area contributed by atoms with Crippen LogP contribution < -0.4 is 10.1 Å². The van der Waals surface area contributed by atoms with E-state index in [4.69, 9.17) is 16.3 Å². The quantitative estimate of drug-likeness (QED) is 0.330. The standard InChI is InChI=1S/C25H21ClN6O3/c1-14(19-10-16-4-3-5-18(26)20(16)21(31-19)25(33)34)30-23-22-24(28-12-27-23)32(13-29-22)11-15-6-8-17(35-2)9-7-15/h3-10,12-14H,11H2,1-2H3,(H,33,34)(H,27,28,30). The van der Waals surface area contributed by atoms with Crippen molar-refractivity contribution < 1.29 is 14.6 Å². The van der Waals surface area contributed by atoms with E-state index in [-0.39, 0.29) is 11.7 Å².